The Kier molecular flexibility index (Phi) is 3.42. The Morgan fingerprint density at radius 3 is 3.05 bits per heavy atom. The fraction of sp³-hybridized carbons (Fsp3) is 0.154. The van der Waals surface area contributed by atoms with Gasteiger partial charge in [-0.05, 0) is 12.1 Å². The molecule has 0 radical (unpaired) electrons. The van der Waals surface area contributed by atoms with E-state index in [1.54, 1.807) is 0 Å². The zero-order valence-corrected chi connectivity index (χ0v) is 11.1. The van der Waals surface area contributed by atoms with Crippen LogP contribution in [0.15, 0.2) is 46.0 Å². The predicted octanol–water partition coefficient (Wildman–Crippen LogP) is 1.52. The van der Waals surface area contributed by atoms with Gasteiger partial charge in [0.05, 0.1) is 5.69 Å². The quantitative estimate of drug-likeness (QED) is 0.875. The highest BCUT2D eigenvalue weighted by Gasteiger charge is 2.26. The number of fused-ring (bicyclic) bond motifs is 1. The lowest BCUT2D eigenvalue weighted by atomic mass is 10.2. The second kappa shape index (κ2) is 5.38. The minimum absolute atomic E-state index is 0.157. The third kappa shape index (κ3) is 2.53. The van der Waals surface area contributed by atoms with Gasteiger partial charge < -0.3 is 15.2 Å². The number of aromatic nitrogens is 1. The molecule has 0 aliphatic carbocycles. The Morgan fingerprint density at radius 2 is 2.25 bits per heavy atom. The molecule has 2 heterocycles. The molecule has 1 aromatic carbocycles. The fourth-order valence-corrected chi connectivity index (χ4v) is 2.86. The van der Waals surface area contributed by atoms with E-state index in [2.05, 4.69) is 20.3 Å². The molecule has 3 rings (SSSR count). The topological polar surface area (TPSA) is 84.2 Å². The summed E-state index contributed by atoms with van der Waals surface area (Å²) in [7, 11) is 0. The van der Waals surface area contributed by atoms with Crippen molar-refractivity contribution < 1.29 is 14.1 Å². The Balaban J connectivity index is 1.73. The number of thioether (sulfide) groups is 1. The first kappa shape index (κ1) is 12.7. The van der Waals surface area contributed by atoms with Gasteiger partial charge in [-0.15, -0.1) is 11.8 Å². The van der Waals surface area contributed by atoms with Crippen molar-refractivity contribution in [3.05, 3.63) is 42.3 Å². The van der Waals surface area contributed by atoms with Crippen molar-refractivity contribution in [1.82, 2.24) is 10.5 Å². The zero-order chi connectivity index (χ0) is 13.9. The van der Waals surface area contributed by atoms with Crippen molar-refractivity contribution >= 4 is 29.3 Å². The van der Waals surface area contributed by atoms with Crippen LogP contribution >= 0.6 is 11.8 Å². The van der Waals surface area contributed by atoms with Gasteiger partial charge >= 0.3 is 0 Å². The Morgan fingerprint density at radius 1 is 1.40 bits per heavy atom. The summed E-state index contributed by atoms with van der Waals surface area (Å²) >= 11 is 1.52. The maximum absolute atomic E-state index is 12.1. The van der Waals surface area contributed by atoms with Crippen molar-refractivity contribution in [1.29, 1.82) is 0 Å². The molecule has 0 saturated carbocycles. The average Bonchev–Trinajstić information content (AvgIpc) is 2.93. The molecule has 20 heavy (non-hydrogen) atoms. The van der Waals surface area contributed by atoms with Crippen LogP contribution in [0.4, 0.5) is 5.69 Å². The van der Waals surface area contributed by atoms with Crippen LogP contribution in [0.1, 0.15) is 10.5 Å². The summed E-state index contributed by atoms with van der Waals surface area (Å²) in [5, 5.41) is 9.00. The summed E-state index contributed by atoms with van der Waals surface area (Å²) < 4.78 is 4.61. The number of benzene rings is 1. The van der Waals surface area contributed by atoms with Crippen LogP contribution in [0.25, 0.3) is 0 Å². The average molecular weight is 289 g/mol. The van der Waals surface area contributed by atoms with Gasteiger partial charge in [0, 0.05) is 16.7 Å². The van der Waals surface area contributed by atoms with Gasteiger partial charge in [0.1, 0.15) is 12.3 Å². The molecule has 2 aromatic rings. The van der Waals surface area contributed by atoms with Crippen LogP contribution in [0.5, 0.6) is 0 Å². The van der Waals surface area contributed by atoms with Gasteiger partial charge in [0.25, 0.3) is 5.91 Å². The van der Waals surface area contributed by atoms with E-state index in [-0.39, 0.29) is 11.6 Å². The molecule has 1 aliphatic heterocycles. The molecule has 1 aromatic heterocycles. The largest absolute Gasteiger partial charge is 0.364 e. The number of para-hydroxylation sites is 1. The summed E-state index contributed by atoms with van der Waals surface area (Å²) in [6, 6.07) is 8.37. The summed E-state index contributed by atoms with van der Waals surface area (Å²) in [6.45, 7) is 0. The van der Waals surface area contributed by atoms with E-state index < -0.39 is 11.9 Å². The van der Waals surface area contributed by atoms with E-state index in [4.69, 9.17) is 0 Å². The van der Waals surface area contributed by atoms with Gasteiger partial charge in [-0.25, -0.2) is 0 Å². The van der Waals surface area contributed by atoms with Crippen LogP contribution in [0.2, 0.25) is 0 Å². The molecule has 2 N–H and O–H groups in total. The summed E-state index contributed by atoms with van der Waals surface area (Å²) in [6.07, 6.45) is 1.31. The highest BCUT2D eigenvalue weighted by atomic mass is 32.2. The van der Waals surface area contributed by atoms with Gasteiger partial charge in [0.15, 0.2) is 5.69 Å². The normalized spacial score (nSPS) is 17.8. The lowest BCUT2D eigenvalue weighted by molar-refractivity contribution is -0.117. The lowest BCUT2D eigenvalue weighted by Gasteiger charge is -2.13. The SMILES string of the molecule is O=C(NC1CSc2ccccc2NC1=O)c1ccon1. The first-order chi connectivity index (χ1) is 9.74. The molecule has 1 unspecified atom stereocenters. The van der Waals surface area contributed by atoms with Crippen LogP contribution in [-0.4, -0.2) is 28.8 Å². The predicted molar refractivity (Wildman–Crippen MR) is 73.6 cm³/mol. The van der Waals surface area contributed by atoms with Crippen molar-refractivity contribution in [2.75, 3.05) is 11.1 Å². The Labute approximate surface area is 118 Å². The van der Waals surface area contributed by atoms with E-state index in [9.17, 15) is 9.59 Å². The number of hydrogen-bond acceptors (Lipinski definition) is 5. The molecular weight excluding hydrogens is 278 g/mol. The van der Waals surface area contributed by atoms with E-state index in [1.807, 2.05) is 24.3 Å². The molecule has 7 heteroatoms. The van der Waals surface area contributed by atoms with Crippen molar-refractivity contribution in [3.63, 3.8) is 0 Å². The monoisotopic (exact) mass is 289 g/mol. The minimum Gasteiger partial charge on any atom is -0.364 e. The first-order valence-electron chi connectivity index (χ1n) is 5.98. The number of nitrogens with zero attached hydrogens (tertiary/aromatic N) is 1. The summed E-state index contributed by atoms with van der Waals surface area (Å²) in [5.41, 5.74) is 0.922. The van der Waals surface area contributed by atoms with Gasteiger partial charge in [0.2, 0.25) is 5.91 Å². The first-order valence-corrected chi connectivity index (χ1v) is 6.96. The highest BCUT2D eigenvalue weighted by Crippen LogP contribution is 2.30. The third-order valence-electron chi connectivity index (χ3n) is 2.84. The van der Waals surface area contributed by atoms with Crippen molar-refractivity contribution in [2.24, 2.45) is 0 Å². The van der Waals surface area contributed by atoms with Crippen molar-refractivity contribution in [3.8, 4) is 0 Å². The second-order valence-electron chi connectivity index (χ2n) is 4.21. The molecule has 1 aliphatic rings. The number of nitrogens with one attached hydrogen (secondary N) is 2. The number of anilines is 1. The van der Waals surface area contributed by atoms with Crippen LogP contribution < -0.4 is 10.6 Å². The van der Waals surface area contributed by atoms with Gasteiger partial charge in [-0.3, -0.25) is 9.59 Å². The Bertz CT molecular complexity index is 642. The standard InChI is InChI=1S/C13H11N3O3S/c17-12(9-5-6-19-16-9)15-10-7-20-11-4-2-1-3-8(11)14-13(10)18/h1-6,10H,7H2,(H,14,18)(H,15,17). The molecule has 0 bridgehead atoms. The van der Waals surface area contributed by atoms with E-state index in [0.29, 0.717) is 5.75 Å². The van der Waals surface area contributed by atoms with Crippen LogP contribution in [0, 0.1) is 0 Å². The molecule has 6 nitrogen and oxygen atoms in total. The molecule has 102 valence electrons. The lowest BCUT2D eigenvalue weighted by Crippen LogP contribution is -2.44. The number of carbonyl (C=O) groups excluding carboxylic acids is 2. The van der Waals surface area contributed by atoms with E-state index in [0.717, 1.165) is 10.6 Å². The van der Waals surface area contributed by atoms with Crippen LogP contribution in [0.3, 0.4) is 0 Å². The zero-order valence-electron chi connectivity index (χ0n) is 10.3. The maximum atomic E-state index is 12.1. The van der Waals surface area contributed by atoms with Gasteiger partial charge in [-0.1, -0.05) is 17.3 Å². The molecule has 0 saturated heterocycles. The molecular formula is C13H11N3O3S. The molecule has 0 fully saturated rings. The molecule has 1 atom stereocenters. The number of amides is 2. The third-order valence-corrected chi connectivity index (χ3v) is 4.01. The van der Waals surface area contributed by atoms with Crippen molar-refractivity contribution in [2.45, 2.75) is 10.9 Å². The van der Waals surface area contributed by atoms with Gasteiger partial charge in [-0.2, -0.15) is 0 Å². The second-order valence-corrected chi connectivity index (χ2v) is 5.27. The summed E-state index contributed by atoms with van der Waals surface area (Å²) in [4.78, 5) is 25.0. The van der Waals surface area contributed by atoms with E-state index in [1.165, 1.54) is 24.1 Å². The summed E-state index contributed by atoms with van der Waals surface area (Å²) in [5.74, 6) is -0.198. The molecule has 2 amide bonds. The fourth-order valence-electron chi connectivity index (χ4n) is 1.83. The van der Waals surface area contributed by atoms with E-state index >= 15 is 0 Å². The highest BCUT2D eigenvalue weighted by molar-refractivity contribution is 7.99. The number of carbonyl (C=O) groups is 2. The molecule has 0 spiro atoms. The number of rotatable bonds is 2. The maximum Gasteiger partial charge on any atom is 0.274 e. The van der Waals surface area contributed by atoms with Crippen LogP contribution in [-0.2, 0) is 4.79 Å². The minimum atomic E-state index is -0.614. The smallest absolute Gasteiger partial charge is 0.274 e. The number of hydrogen-bond donors (Lipinski definition) is 2. The Hall–Kier alpha value is -2.28.